The van der Waals surface area contributed by atoms with Crippen LogP contribution in [0.15, 0.2) is 18.2 Å². The number of benzene rings is 1. The Balaban J connectivity index is 3.18. The molecular weight excluding hydrogens is 298 g/mol. The Morgan fingerprint density at radius 2 is 1.75 bits per heavy atom. The van der Waals surface area contributed by atoms with Crippen molar-refractivity contribution >= 4 is 17.3 Å². The molecule has 0 aromatic heterocycles. The molecule has 0 fully saturated rings. The van der Waals surface area contributed by atoms with Crippen molar-refractivity contribution in [1.29, 1.82) is 0 Å². The fourth-order valence-corrected chi connectivity index (χ4v) is 2.73. The molecule has 1 amide bonds. The van der Waals surface area contributed by atoms with Crippen LogP contribution in [0.25, 0.3) is 0 Å². The summed E-state index contributed by atoms with van der Waals surface area (Å²) in [5, 5.41) is 0. The minimum absolute atomic E-state index is 0.0217. The van der Waals surface area contributed by atoms with E-state index >= 15 is 0 Å². The summed E-state index contributed by atoms with van der Waals surface area (Å²) in [5.41, 5.74) is 8.90. The summed E-state index contributed by atoms with van der Waals surface area (Å²) in [6.07, 6.45) is 0.545. The Kier molecular flexibility index (Phi) is 6.70. The number of rotatable bonds is 6. The van der Waals surface area contributed by atoms with E-state index in [0.29, 0.717) is 18.9 Å². The first-order chi connectivity index (χ1) is 10.9. The van der Waals surface area contributed by atoms with Crippen LogP contribution in [0.3, 0.4) is 0 Å². The molecule has 2 N–H and O–H groups in total. The molecular formula is C20H35N3O. The predicted molar refractivity (Wildman–Crippen MR) is 104 cm³/mol. The molecule has 1 atom stereocenters. The maximum Gasteiger partial charge on any atom is 0.223 e. The summed E-state index contributed by atoms with van der Waals surface area (Å²) in [6.45, 7) is 13.4. The first-order valence-electron chi connectivity index (χ1n) is 8.77. The van der Waals surface area contributed by atoms with Gasteiger partial charge in [-0.3, -0.25) is 4.79 Å². The van der Waals surface area contributed by atoms with Gasteiger partial charge in [-0.2, -0.15) is 0 Å². The van der Waals surface area contributed by atoms with Gasteiger partial charge < -0.3 is 15.5 Å². The average molecular weight is 334 g/mol. The molecule has 0 bridgehead atoms. The summed E-state index contributed by atoms with van der Waals surface area (Å²) >= 11 is 0. The Morgan fingerprint density at radius 1 is 1.17 bits per heavy atom. The zero-order chi connectivity index (χ0) is 18.7. The van der Waals surface area contributed by atoms with E-state index in [4.69, 9.17) is 5.73 Å². The maximum atomic E-state index is 13.0. The van der Waals surface area contributed by atoms with Crippen LogP contribution >= 0.6 is 0 Å². The molecule has 0 saturated heterocycles. The number of amides is 1. The highest BCUT2D eigenvalue weighted by Gasteiger charge is 2.27. The lowest BCUT2D eigenvalue weighted by Crippen LogP contribution is -2.42. The predicted octanol–water partition coefficient (Wildman–Crippen LogP) is 4.14. The molecule has 1 aromatic rings. The first kappa shape index (κ1) is 20.3. The number of nitrogens with zero attached hydrogens (tertiary/aromatic N) is 2. The van der Waals surface area contributed by atoms with Crippen molar-refractivity contribution < 1.29 is 4.79 Å². The van der Waals surface area contributed by atoms with Gasteiger partial charge >= 0.3 is 0 Å². The van der Waals surface area contributed by atoms with Crippen LogP contribution in [-0.2, 0) is 11.3 Å². The first-order valence-corrected chi connectivity index (χ1v) is 8.77. The smallest absolute Gasteiger partial charge is 0.223 e. The zero-order valence-electron chi connectivity index (χ0n) is 16.7. The standard InChI is InChI=1S/C20H35N3O/c1-14(2)15(3)23(19(24)12-20(4,5)6)13-16-11-17(21)9-10-18(16)22(7)8/h9-11,14-15H,12-13,21H2,1-8H3. The second kappa shape index (κ2) is 7.91. The highest BCUT2D eigenvalue weighted by atomic mass is 16.2. The van der Waals surface area contributed by atoms with Crippen molar-refractivity contribution in [1.82, 2.24) is 4.90 Å². The van der Waals surface area contributed by atoms with E-state index in [2.05, 4.69) is 46.4 Å². The number of hydrogen-bond donors (Lipinski definition) is 1. The summed E-state index contributed by atoms with van der Waals surface area (Å²) in [4.78, 5) is 17.0. The van der Waals surface area contributed by atoms with Gasteiger partial charge in [0, 0.05) is 44.5 Å². The van der Waals surface area contributed by atoms with Gasteiger partial charge in [-0.05, 0) is 42.0 Å². The third kappa shape index (κ3) is 5.73. The second-order valence-corrected chi connectivity index (χ2v) is 8.53. The number of hydrogen-bond acceptors (Lipinski definition) is 3. The zero-order valence-corrected chi connectivity index (χ0v) is 16.7. The molecule has 136 valence electrons. The Bertz CT molecular complexity index is 558. The number of carbonyl (C=O) groups is 1. The van der Waals surface area contributed by atoms with E-state index in [1.807, 2.05) is 37.2 Å². The second-order valence-electron chi connectivity index (χ2n) is 8.53. The monoisotopic (exact) mass is 333 g/mol. The lowest BCUT2D eigenvalue weighted by Gasteiger charge is -2.35. The highest BCUT2D eigenvalue weighted by molar-refractivity contribution is 5.77. The Morgan fingerprint density at radius 3 is 2.21 bits per heavy atom. The normalized spacial score (nSPS) is 13.0. The molecule has 4 nitrogen and oxygen atoms in total. The maximum absolute atomic E-state index is 13.0. The molecule has 1 aromatic carbocycles. The van der Waals surface area contributed by atoms with Crippen LogP contribution in [0.5, 0.6) is 0 Å². The number of nitrogen functional groups attached to an aromatic ring is 1. The quantitative estimate of drug-likeness (QED) is 0.796. The van der Waals surface area contributed by atoms with Crippen molar-refractivity contribution in [3.63, 3.8) is 0 Å². The van der Waals surface area contributed by atoms with Crippen molar-refractivity contribution in [3.05, 3.63) is 23.8 Å². The van der Waals surface area contributed by atoms with Gasteiger partial charge in [-0.15, -0.1) is 0 Å². The van der Waals surface area contributed by atoms with Gasteiger partial charge in [-0.25, -0.2) is 0 Å². The van der Waals surface area contributed by atoms with Crippen molar-refractivity contribution in [3.8, 4) is 0 Å². The molecule has 4 heteroatoms. The lowest BCUT2D eigenvalue weighted by atomic mass is 9.90. The van der Waals surface area contributed by atoms with Crippen LogP contribution in [0.2, 0.25) is 0 Å². The van der Waals surface area contributed by atoms with Gasteiger partial charge in [0.2, 0.25) is 5.91 Å². The van der Waals surface area contributed by atoms with Gasteiger partial charge in [0.25, 0.3) is 0 Å². The molecule has 0 aliphatic rings. The molecule has 1 unspecified atom stereocenters. The average Bonchev–Trinajstić information content (AvgIpc) is 2.41. The molecule has 24 heavy (non-hydrogen) atoms. The minimum atomic E-state index is -0.0217. The number of nitrogens with two attached hydrogens (primary N) is 1. The molecule has 1 rings (SSSR count). The van der Waals surface area contributed by atoms with Gasteiger partial charge in [0.1, 0.15) is 0 Å². The molecule has 0 aliphatic carbocycles. The fraction of sp³-hybridized carbons (Fsp3) is 0.650. The van der Waals surface area contributed by atoms with E-state index < -0.39 is 0 Å². The van der Waals surface area contributed by atoms with E-state index in [9.17, 15) is 4.79 Å². The third-order valence-electron chi connectivity index (χ3n) is 4.38. The Labute approximate surface area is 148 Å². The largest absolute Gasteiger partial charge is 0.399 e. The van der Waals surface area contributed by atoms with E-state index in [-0.39, 0.29) is 17.4 Å². The van der Waals surface area contributed by atoms with Crippen LogP contribution in [0, 0.1) is 11.3 Å². The van der Waals surface area contributed by atoms with E-state index in [1.165, 1.54) is 0 Å². The summed E-state index contributed by atoms with van der Waals surface area (Å²) in [5.74, 6) is 0.605. The van der Waals surface area contributed by atoms with Crippen molar-refractivity contribution in [2.24, 2.45) is 11.3 Å². The van der Waals surface area contributed by atoms with Crippen molar-refractivity contribution in [2.75, 3.05) is 24.7 Å². The Hall–Kier alpha value is -1.71. The molecule has 0 heterocycles. The molecule has 0 spiro atoms. The lowest BCUT2D eigenvalue weighted by molar-refractivity contribution is -0.136. The summed E-state index contributed by atoms with van der Waals surface area (Å²) < 4.78 is 0. The van der Waals surface area contributed by atoms with Gasteiger partial charge in [0.15, 0.2) is 0 Å². The summed E-state index contributed by atoms with van der Waals surface area (Å²) in [7, 11) is 4.03. The highest BCUT2D eigenvalue weighted by Crippen LogP contribution is 2.27. The van der Waals surface area contributed by atoms with Crippen LogP contribution in [-0.4, -0.2) is 30.9 Å². The summed E-state index contributed by atoms with van der Waals surface area (Å²) in [6, 6.07) is 6.10. The fourth-order valence-electron chi connectivity index (χ4n) is 2.73. The van der Waals surface area contributed by atoms with Crippen LogP contribution < -0.4 is 10.6 Å². The van der Waals surface area contributed by atoms with E-state index in [1.54, 1.807) is 0 Å². The van der Waals surface area contributed by atoms with Crippen molar-refractivity contribution in [2.45, 2.75) is 60.5 Å². The van der Waals surface area contributed by atoms with Crippen LogP contribution in [0.1, 0.15) is 53.5 Å². The SMILES string of the molecule is CC(C)C(C)N(Cc1cc(N)ccc1N(C)C)C(=O)CC(C)(C)C. The molecule has 0 radical (unpaired) electrons. The number of anilines is 2. The number of carbonyl (C=O) groups excluding carboxylic acids is 1. The van der Waals surface area contributed by atoms with Crippen LogP contribution in [0.4, 0.5) is 11.4 Å². The molecule has 0 saturated carbocycles. The van der Waals surface area contributed by atoms with Gasteiger partial charge in [-0.1, -0.05) is 34.6 Å². The van der Waals surface area contributed by atoms with E-state index in [0.717, 1.165) is 16.9 Å². The topological polar surface area (TPSA) is 49.6 Å². The minimum Gasteiger partial charge on any atom is -0.399 e. The van der Waals surface area contributed by atoms with Gasteiger partial charge in [0.05, 0.1) is 0 Å². The molecule has 0 aliphatic heterocycles. The third-order valence-corrected chi connectivity index (χ3v) is 4.38.